The largest absolute Gasteiger partial charge is 0.493 e. The maximum Gasteiger partial charge on any atom is 0.260 e. The van der Waals surface area contributed by atoms with Crippen molar-refractivity contribution < 1.29 is 9.53 Å². The topological polar surface area (TPSA) is 56.1 Å². The molecule has 150 valence electrons. The Morgan fingerprint density at radius 3 is 2.77 bits per heavy atom. The van der Waals surface area contributed by atoms with Crippen molar-refractivity contribution in [1.29, 1.82) is 0 Å². The van der Waals surface area contributed by atoms with Crippen LogP contribution in [0.4, 0.5) is 5.69 Å². The van der Waals surface area contributed by atoms with Gasteiger partial charge in [-0.2, -0.15) is 0 Å². The van der Waals surface area contributed by atoms with Crippen molar-refractivity contribution in [3.05, 3.63) is 72.4 Å². The quantitative estimate of drug-likeness (QED) is 0.470. The average Bonchev–Trinajstić information content (AvgIpc) is 3.37. The summed E-state index contributed by atoms with van der Waals surface area (Å²) < 4.78 is 7.92. The zero-order valence-electron chi connectivity index (χ0n) is 16.6. The molecule has 6 heteroatoms. The van der Waals surface area contributed by atoms with Crippen molar-refractivity contribution in [3.63, 3.8) is 0 Å². The molecule has 1 N–H and O–H groups in total. The van der Waals surface area contributed by atoms with Gasteiger partial charge in [-0.3, -0.25) is 4.79 Å². The van der Waals surface area contributed by atoms with E-state index in [4.69, 9.17) is 4.74 Å². The molecule has 0 spiro atoms. The number of hydrogen-bond acceptors (Lipinski definition) is 4. The SMILES string of the molecule is CCOc1ccc2ccccc2c1C(=O)Nc1ccc(-c2cn3c(n2)SCC3)cc1. The Kier molecular flexibility index (Phi) is 4.93. The number of anilines is 1. The molecule has 1 aromatic heterocycles. The molecule has 1 aliphatic heterocycles. The summed E-state index contributed by atoms with van der Waals surface area (Å²) in [5, 5.41) is 5.97. The minimum Gasteiger partial charge on any atom is -0.493 e. The number of imidazole rings is 1. The van der Waals surface area contributed by atoms with Crippen molar-refractivity contribution in [3.8, 4) is 17.0 Å². The Balaban J connectivity index is 1.42. The van der Waals surface area contributed by atoms with Crippen LogP contribution in [0.15, 0.2) is 72.0 Å². The zero-order valence-corrected chi connectivity index (χ0v) is 17.4. The van der Waals surface area contributed by atoms with Crippen LogP contribution in [-0.4, -0.2) is 27.8 Å². The van der Waals surface area contributed by atoms with Crippen LogP contribution >= 0.6 is 11.8 Å². The fourth-order valence-corrected chi connectivity index (χ4v) is 4.67. The number of hydrogen-bond donors (Lipinski definition) is 1. The second-order valence-corrected chi connectivity index (χ2v) is 8.14. The Bertz CT molecular complexity index is 1210. The van der Waals surface area contributed by atoms with Crippen LogP contribution in [0, 0.1) is 0 Å². The monoisotopic (exact) mass is 415 g/mol. The molecule has 3 aromatic carbocycles. The number of carbonyl (C=O) groups is 1. The Morgan fingerprint density at radius 2 is 1.97 bits per heavy atom. The third-order valence-electron chi connectivity index (χ3n) is 5.16. The van der Waals surface area contributed by atoms with Crippen molar-refractivity contribution in [2.45, 2.75) is 18.6 Å². The molecule has 0 radical (unpaired) electrons. The van der Waals surface area contributed by atoms with Crippen LogP contribution in [0.2, 0.25) is 0 Å². The molecule has 0 atom stereocenters. The van der Waals surface area contributed by atoms with Gasteiger partial charge in [0.05, 0.1) is 17.9 Å². The van der Waals surface area contributed by atoms with Crippen LogP contribution in [0.5, 0.6) is 5.75 Å². The molecular weight excluding hydrogens is 394 g/mol. The first-order chi connectivity index (χ1) is 14.7. The summed E-state index contributed by atoms with van der Waals surface area (Å²) in [5.74, 6) is 1.50. The second kappa shape index (κ2) is 7.88. The number of fused-ring (bicyclic) bond motifs is 2. The average molecular weight is 416 g/mol. The van der Waals surface area contributed by atoms with Gasteiger partial charge in [-0.05, 0) is 35.9 Å². The smallest absolute Gasteiger partial charge is 0.260 e. The normalized spacial score (nSPS) is 12.7. The predicted octanol–water partition coefficient (Wildman–Crippen LogP) is 5.46. The zero-order chi connectivity index (χ0) is 20.5. The lowest BCUT2D eigenvalue weighted by Crippen LogP contribution is -2.14. The van der Waals surface area contributed by atoms with E-state index in [-0.39, 0.29) is 5.91 Å². The number of benzene rings is 3. The highest BCUT2D eigenvalue weighted by Crippen LogP contribution is 2.31. The van der Waals surface area contributed by atoms with Crippen LogP contribution in [0.3, 0.4) is 0 Å². The summed E-state index contributed by atoms with van der Waals surface area (Å²) in [7, 11) is 0. The first kappa shape index (κ1) is 18.8. The molecule has 0 saturated heterocycles. The molecule has 4 aromatic rings. The molecule has 5 nitrogen and oxygen atoms in total. The number of nitrogens with zero attached hydrogens (tertiary/aromatic N) is 2. The molecular formula is C24H21N3O2S. The Hall–Kier alpha value is -3.25. The standard InChI is InChI=1S/C24H21N3O2S/c1-2-29-21-12-9-16-5-3-4-6-19(16)22(21)23(28)25-18-10-7-17(8-11-18)20-15-27-13-14-30-24(27)26-20/h3-12,15H,2,13-14H2,1H3,(H,25,28). The van der Waals surface area contributed by atoms with Crippen LogP contribution in [0.1, 0.15) is 17.3 Å². The number of aromatic nitrogens is 2. The number of thioether (sulfide) groups is 1. The molecule has 2 heterocycles. The van der Waals surface area contributed by atoms with Gasteiger partial charge in [0.25, 0.3) is 5.91 Å². The fraction of sp³-hybridized carbons (Fsp3) is 0.167. The number of amides is 1. The molecule has 1 amide bonds. The first-order valence-electron chi connectivity index (χ1n) is 9.99. The van der Waals surface area contributed by atoms with Gasteiger partial charge in [-0.1, -0.05) is 54.2 Å². The van der Waals surface area contributed by atoms with E-state index in [1.54, 1.807) is 11.8 Å². The minimum atomic E-state index is -0.180. The van der Waals surface area contributed by atoms with Gasteiger partial charge < -0.3 is 14.6 Å². The summed E-state index contributed by atoms with van der Waals surface area (Å²) >= 11 is 1.78. The summed E-state index contributed by atoms with van der Waals surface area (Å²) in [6.07, 6.45) is 2.09. The maximum atomic E-state index is 13.2. The van der Waals surface area contributed by atoms with Crippen molar-refractivity contribution >= 4 is 34.1 Å². The van der Waals surface area contributed by atoms with E-state index < -0.39 is 0 Å². The third kappa shape index (κ3) is 3.44. The van der Waals surface area contributed by atoms with Gasteiger partial charge in [0.1, 0.15) is 5.75 Å². The van der Waals surface area contributed by atoms with Crippen molar-refractivity contribution in [1.82, 2.24) is 9.55 Å². The number of aryl methyl sites for hydroxylation is 1. The summed E-state index contributed by atoms with van der Waals surface area (Å²) in [6.45, 7) is 3.43. The predicted molar refractivity (Wildman–Crippen MR) is 121 cm³/mol. The van der Waals surface area contributed by atoms with E-state index in [1.807, 2.05) is 67.6 Å². The second-order valence-electron chi connectivity index (χ2n) is 7.07. The van der Waals surface area contributed by atoms with E-state index in [9.17, 15) is 4.79 Å². The van der Waals surface area contributed by atoms with E-state index in [1.165, 1.54) is 0 Å². The number of ether oxygens (including phenoxy) is 1. The lowest BCUT2D eigenvalue weighted by atomic mass is 10.0. The van der Waals surface area contributed by atoms with Crippen molar-refractivity contribution in [2.75, 3.05) is 17.7 Å². The highest BCUT2D eigenvalue weighted by Gasteiger charge is 2.18. The number of rotatable bonds is 5. The van der Waals surface area contributed by atoms with Gasteiger partial charge in [-0.15, -0.1) is 0 Å². The maximum absolute atomic E-state index is 13.2. The van der Waals surface area contributed by atoms with E-state index >= 15 is 0 Å². The van der Waals surface area contributed by atoms with Gasteiger partial charge in [-0.25, -0.2) is 4.98 Å². The summed E-state index contributed by atoms with van der Waals surface area (Å²) in [6, 6.07) is 19.5. The van der Waals surface area contributed by atoms with Crippen LogP contribution in [-0.2, 0) is 6.54 Å². The summed E-state index contributed by atoms with van der Waals surface area (Å²) in [5.41, 5.74) is 3.29. The van der Waals surface area contributed by atoms with Crippen LogP contribution < -0.4 is 10.1 Å². The third-order valence-corrected chi connectivity index (χ3v) is 6.13. The molecule has 1 aliphatic rings. The Morgan fingerprint density at radius 1 is 1.13 bits per heavy atom. The molecule has 30 heavy (non-hydrogen) atoms. The highest BCUT2D eigenvalue weighted by atomic mass is 32.2. The van der Waals surface area contributed by atoms with E-state index in [0.29, 0.717) is 17.9 Å². The highest BCUT2D eigenvalue weighted by molar-refractivity contribution is 7.99. The molecule has 0 bridgehead atoms. The first-order valence-corrected chi connectivity index (χ1v) is 11.0. The molecule has 5 rings (SSSR count). The Labute approximate surface area is 179 Å². The van der Waals surface area contributed by atoms with Gasteiger partial charge in [0.2, 0.25) is 0 Å². The van der Waals surface area contributed by atoms with Crippen LogP contribution in [0.25, 0.3) is 22.0 Å². The van der Waals surface area contributed by atoms with Gasteiger partial charge >= 0.3 is 0 Å². The van der Waals surface area contributed by atoms with E-state index in [0.717, 1.165) is 45.2 Å². The molecule has 0 unspecified atom stereocenters. The number of nitrogens with one attached hydrogen (secondary N) is 1. The summed E-state index contributed by atoms with van der Waals surface area (Å²) in [4.78, 5) is 17.9. The minimum absolute atomic E-state index is 0.180. The van der Waals surface area contributed by atoms with Crippen molar-refractivity contribution in [2.24, 2.45) is 0 Å². The lowest BCUT2D eigenvalue weighted by molar-refractivity contribution is 0.102. The lowest BCUT2D eigenvalue weighted by Gasteiger charge is -2.14. The number of carbonyl (C=O) groups excluding carboxylic acids is 1. The molecule has 0 aliphatic carbocycles. The van der Waals surface area contributed by atoms with E-state index in [2.05, 4.69) is 21.1 Å². The molecule has 0 fully saturated rings. The van der Waals surface area contributed by atoms with Gasteiger partial charge in [0, 0.05) is 29.7 Å². The van der Waals surface area contributed by atoms with Gasteiger partial charge in [0.15, 0.2) is 5.16 Å². The fourth-order valence-electron chi connectivity index (χ4n) is 3.73. The molecule has 0 saturated carbocycles.